The van der Waals surface area contributed by atoms with Crippen LogP contribution in [0.3, 0.4) is 0 Å². The molecule has 212 valence electrons. The lowest BCUT2D eigenvalue weighted by molar-refractivity contribution is -0.201. The zero-order chi connectivity index (χ0) is 28.5. The third kappa shape index (κ3) is 7.30. The van der Waals surface area contributed by atoms with Crippen LogP contribution < -0.4 is 16.7 Å². The first-order valence-corrected chi connectivity index (χ1v) is 15.0. The van der Waals surface area contributed by atoms with Crippen molar-refractivity contribution in [3.05, 3.63) is 71.1 Å². The standard InChI is InChI=1S/C28H38N4O6S/c1-4-15-28(27(34)31-29,39(3,35)36)24-14-13-20(2)18-23(24)22(11-7-9-21-10-8-16-30-19-21)26(33)32-38-25-12-5-6-17-37-25/h7-10,13-14,16,18-19,22,25H,4-6,11-12,15,17,29H2,1-3H3,(H,31,34)(H,32,33)/b9-7+/t22?,25?,28-/m1/s1. The molecule has 2 amide bonds. The van der Waals surface area contributed by atoms with Gasteiger partial charge in [0.15, 0.2) is 20.9 Å². The van der Waals surface area contributed by atoms with Crippen LogP contribution >= 0.6 is 0 Å². The second kappa shape index (κ2) is 13.8. The third-order valence-electron chi connectivity index (χ3n) is 6.86. The zero-order valence-electron chi connectivity index (χ0n) is 22.7. The number of amides is 2. The highest BCUT2D eigenvalue weighted by atomic mass is 32.2. The van der Waals surface area contributed by atoms with Crippen molar-refractivity contribution < 1.29 is 27.6 Å². The summed E-state index contributed by atoms with van der Waals surface area (Å²) in [6, 6.07) is 8.75. The highest BCUT2D eigenvalue weighted by molar-refractivity contribution is 7.92. The Bertz CT molecular complexity index is 1260. The Morgan fingerprint density at radius 2 is 2.10 bits per heavy atom. The molecule has 2 heterocycles. The van der Waals surface area contributed by atoms with Gasteiger partial charge in [0.05, 0.1) is 5.92 Å². The highest BCUT2D eigenvalue weighted by Crippen LogP contribution is 2.41. The van der Waals surface area contributed by atoms with E-state index in [-0.39, 0.29) is 18.4 Å². The number of allylic oxidation sites excluding steroid dienone is 1. The lowest BCUT2D eigenvalue weighted by Crippen LogP contribution is -2.52. The Morgan fingerprint density at radius 1 is 1.31 bits per heavy atom. The number of nitrogens with two attached hydrogens (primary N) is 1. The van der Waals surface area contributed by atoms with Crippen molar-refractivity contribution in [2.45, 2.75) is 69.3 Å². The van der Waals surface area contributed by atoms with Crippen molar-refractivity contribution in [1.82, 2.24) is 15.9 Å². The molecule has 1 saturated heterocycles. The van der Waals surface area contributed by atoms with Gasteiger partial charge in [-0.15, -0.1) is 0 Å². The summed E-state index contributed by atoms with van der Waals surface area (Å²) in [5, 5.41) is 0. The second-order valence-corrected chi connectivity index (χ2v) is 12.0. The Balaban J connectivity index is 2.10. The van der Waals surface area contributed by atoms with Crippen LogP contribution in [-0.4, -0.2) is 44.4 Å². The number of rotatable bonds is 12. The lowest BCUT2D eigenvalue weighted by Gasteiger charge is -2.34. The minimum absolute atomic E-state index is 0.0167. The fourth-order valence-corrected chi connectivity index (χ4v) is 6.48. The molecule has 0 saturated carbocycles. The molecule has 0 aliphatic carbocycles. The van der Waals surface area contributed by atoms with Gasteiger partial charge in [-0.05, 0) is 55.4 Å². The molecule has 3 rings (SSSR count). The van der Waals surface area contributed by atoms with Crippen LogP contribution in [0.25, 0.3) is 6.08 Å². The number of benzene rings is 1. The molecule has 2 unspecified atom stereocenters. The van der Waals surface area contributed by atoms with Gasteiger partial charge in [0.2, 0.25) is 0 Å². The van der Waals surface area contributed by atoms with Crippen LogP contribution in [0, 0.1) is 6.92 Å². The second-order valence-electron chi connectivity index (χ2n) is 9.77. The van der Waals surface area contributed by atoms with Crippen LogP contribution in [0.15, 0.2) is 48.8 Å². The van der Waals surface area contributed by atoms with Crippen LogP contribution in [0.4, 0.5) is 0 Å². The number of aryl methyl sites for hydroxylation is 1. The number of pyridine rings is 1. The third-order valence-corrected chi connectivity index (χ3v) is 8.74. The average molecular weight is 559 g/mol. The number of sulfone groups is 1. The van der Waals surface area contributed by atoms with Crippen molar-refractivity contribution in [1.29, 1.82) is 0 Å². The van der Waals surface area contributed by atoms with E-state index < -0.39 is 38.6 Å². The van der Waals surface area contributed by atoms with Gasteiger partial charge in [0.1, 0.15) is 0 Å². The maximum Gasteiger partial charge on any atom is 0.259 e. The predicted molar refractivity (Wildman–Crippen MR) is 148 cm³/mol. The van der Waals surface area contributed by atoms with Gasteiger partial charge >= 0.3 is 0 Å². The van der Waals surface area contributed by atoms with E-state index in [9.17, 15) is 18.0 Å². The molecule has 0 bridgehead atoms. The van der Waals surface area contributed by atoms with Crippen LogP contribution in [-0.2, 0) is 33.7 Å². The number of carbonyl (C=O) groups excluding carboxylic acids is 2. The van der Waals surface area contributed by atoms with Crippen molar-refractivity contribution in [2.75, 3.05) is 12.9 Å². The summed E-state index contributed by atoms with van der Waals surface area (Å²) < 4.78 is 30.2. The molecule has 0 spiro atoms. The Kier molecular flexibility index (Phi) is 10.8. The first kappa shape index (κ1) is 30.4. The number of hydroxylamine groups is 1. The van der Waals surface area contributed by atoms with E-state index in [0.717, 1.165) is 30.2 Å². The van der Waals surface area contributed by atoms with Gasteiger partial charge in [-0.1, -0.05) is 55.3 Å². The minimum Gasteiger partial charge on any atom is -0.350 e. The summed E-state index contributed by atoms with van der Waals surface area (Å²) in [6.45, 7) is 4.17. The first-order chi connectivity index (χ1) is 18.6. The van der Waals surface area contributed by atoms with E-state index in [1.54, 1.807) is 43.6 Å². The Hall–Kier alpha value is -3.12. The molecule has 1 fully saturated rings. The van der Waals surface area contributed by atoms with Crippen LogP contribution in [0.1, 0.15) is 73.6 Å². The maximum atomic E-state index is 13.7. The van der Waals surface area contributed by atoms with Crippen LogP contribution in [0.2, 0.25) is 0 Å². The van der Waals surface area contributed by atoms with E-state index in [1.165, 1.54) is 0 Å². The molecule has 3 atom stereocenters. The minimum atomic E-state index is -4.04. The summed E-state index contributed by atoms with van der Waals surface area (Å²) in [5.74, 6) is 3.29. The van der Waals surface area contributed by atoms with Gasteiger partial charge in [0.25, 0.3) is 11.8 Å². The summed E-state index contributed by atoms with van der Waals surface area (Å²) in [5.41, 5.74) is 6.84. The average Bonchev–Trinajstić information content (AvgIpc) is 2.93. The van der Waals surface area contributed by atoms with Crippen molar-refractivity contribution >= 4 is 27.7 Å². The molecule has 4 N–H and O–H groups in total. The molecule has 1 aliphatic heterocycles. The molecule has 1 aromatic heterocycles. The van der Waals surface area contributed by atoms with Crippen molar-refractivity contribution in [3.8, 4) is 0 Å². The van der Waals surface area contributed by atoms with E-state index in [4.69, 9.17) is 15.4 Å². The molecule has 2 aromatic rings. The first-order valence-electron chi connectivity index (χ1n) is 13.1. The number of carbonyl (C=O) groups is 2. The number of ether oxygens (including phenoxy) is 1. The van der Waals surface area contributed by atoms with Gasteiger partial charge in [-0.2, -0.15) is 0 Å². The summed E-state index contributed by atoms with van der Waals surface area (Å²) in [7, 11) is -4.04. The fourth-order valence-electron chi connectivity index (χ4n) is 4.92. The molecule has 11 heteroatoms. The maximum absolute atomic E-state index is 13.7. The molecule has 39 heavy (non-hydrogen) atoms. The van der Waals surface area contributed by atoms with Gasteiger partial charge < -0.3 is 4.74 Å². The number of hydrogen-bond acceptors (Lipinski definition) is 8. The normalized spacial score (nSPS) is 18.3. The number of aromatic nitrogens is 1. The van der Waals surface area contributed by atoms with E-state index >= 15 is 0 Å². The van der Waals surface area contributed by atoms with Crippen LogP contribution in [0.5, 0.6) is 0 Å². The molecular weight excluding hydrogens is 520 g/mol. The van der Waals surface area contributed by atoms with E-state index in [2.05, 4.69) is 15.9 Å². The zero-order valence-corrected chi connectivity index (χ0v) is 23.5. The van der Waals surface area contributed by atoms with Crippen molar-refractivity contribution in [2.24, 2.45) is 5.84 Å². The monoisotopic (exact) mass is 558 g/mol. The topological polar surface area (TPSA) is 150 Å². The highest BCUT2D eigenvalue weighted by Gasteiger charge is 2.50. The summed E-state index contributed by atoms with van der Waals surface area (Å²) >= 11 is 0. The SMILES string of the molecule is CCC[C@](C(=O)NN)(c1ccc(C)cc1C(C/C=C/c1cccnc1)C(=O)NOC1CCCCO1)S(C)(=O)=O. The lowest BCUT2D eigenvalue weighted by atomic mass is 9.81. The summed E-state index contributed by atoms with van der Waals surface area (Å²) in [4.78, 5) is 36.6. The van der Waals surface area contributed by atoms with E-state index in [0.29, 0.717) is 25.0 Å². The Morgan fingerprint density at radius 3 is 2.72 bits per heavy atom. The fraction of sp³-hybridized carbons (Fsp3) is 0.464. The molecular formula is C28H38N4O6S. The largest absolute Gasteiger partial charge is 0.350 e. The van der Waals surface area contributed by atoms with Gasteiger partial charge in [0, 0.05) is 31.7 Å². The van der Waals surface area contributed by atoms with E-state index in [1.807, 2.05) is 25.1 Å². The number of nitrogens with zero attached hydrogens (tertiary/aromatic N) is 1. The molecule has 0 radical (unpaired) electrons. The summed E-state index contributed by atoms with van der Waals surface area (Å²) in [6.07, 6.45) is 10.5. The molecule has 1 aromatic carbocycles. The molecule has 10 nitrogen and oxygen atoms in total. The van der Waals surface area contributed by atoms with Gasteiger partial charge in [-0.25, -0.2) is 24.6 Å². The number of hydrazine groups is 1. The number of nitrogens with one attached hydrogen (secondary N) is 2. The van der Waals surface area contributed by atoms with Crippen molar-refractivity contribution in [3.63, 3.8) is 0 Å². The smallest absolute Gasteiger partial charge is 0.259 e. The predicted octanol–water partition coefficient (Wildman–Crippen LogP) is 3.18. The Labute approximate surface area is 230 Å². The number of hydrogen-bond donors (Lipinski definition) is 3. The quantitative estimate of drug-likeness (QED) is 0.204. The molecule has 1 aliphatic rings. The van der Waals surface area contributed by atoms with Gasteiger partial charge in [-0.3, -0.25) is 20.0 Å².